The van der Waals surface area contributed by atoms with Crippen molar-refractivity contribution in [3.05, 3.63) is 0 Å². The molecular formula is C14H22N2O2. The second-order valence-corrected chi connectivity index (χ2v) is 4.74. The molecule has 18 heavy (non-hydrogen) atoms. The molecule has 0 saturated carbocycles. The molecule has 4 heteroatoms. The Morgan fingerprint density at radius 3 is 2.44 bits per heavy atom. The zero-order chi connectivity index (χ0) is 13.8. The SMILES string of the molecule is C#CC(CCC)N1CC(=O)NC(CC)(CC)C1=O. The largest absolute Gasteiger partial charge is 0.340 e. The number of carbonyl (C=O) groups excluding carboxylic acids is 2. The fraction of sp³-hybridized carbons (Fsp3) is 0.714. The third-order valence-electron chi connectivity index (χ3n) is 3.70. The molecule has 1 aliphatic heterocycles. The summed E-state index contributed by atoms with van der Waals surface area (Å²) in [7, 11) is 0. The monoisotopic (exact) mass is 250 g/mol. The quantitative estimate of drug-likeness (QED) is 0.748. The molecule has 1 unspecified atom stereocenters. The van der Waals surface area contributed by atoms with Crippen molar-refractivity contribution in [2.45, 2.75) is 58.0 Å². The van der Waals surface area contributed by atoms with Crippen LogP contribution in [0, 0.1) is 12.3 Å². The number of amides is 2. The van der Waals surface area contributed by atoms with Crippen molar-refractivity contribution < 1.29 is 9.59 Å². The molecule has 0 aromatic heterocycles. The maximum absolute atomic E-state index is 12.5. The van der Waals surface area contributed by atoms with E-state index < -0.39 is 5.54 Å². The first kappa shape index (κ1) is 14.6. The number of hydrogen-bond donors (Lipinski definition) is 1. The zero-order valence-electron chi connectivity index (χ0n) is 11.5. The van der Waals surface area contributed by atoms with Gasteiger partial charge in [-0.2, -0.15) is 0 Å². The van der Waals surface area contributed by atoms with Gasteiger partial charge in [0, 0.05) is 0 Å². The minimum Gasteiger partial charge on any atom is -0.340 e. The number of hydrogen-bond acceptors (Lipinski definition) is 2. The smallest absolute Gasteiger partial charge is 0.249 e. The van der Waals surface area contributed by atoms with E-state index in [1.165, 1.54) is 0 Å². The number of terminal acetylenes is 1. The number of carbonyl (C=O) groups is 2. The topological polar surface area (TPSA) is 49.4 Å². The molecule has 100 valence electrons. The molecule has 0 aliphatic carbocycles. The van der Waals surface area contributed by atoms with Crippen LogP contribution in [-0.2, 0) is 9.59 Å². The molecule has 0 bridgehead atoms. The Hall–Kier alpha value is -1.50. The third kappa shape index (κ3) is 2.50. The van der Waals surface area contributed by atoms with Crippen LogP contribution in [0.1, 0.15) is 46.5 Å². The van der Waals surface area contributed by atoms with Crippen LogP contribution in [-0.4, -0.2) is 34.8 Å². The third-order valence-corrected chi connectivity index (χ3v) is 3.70. The highest BCUT2D eigenvalue weighted by molar-refractivity contribution is 5.98. The van der Waals surface area contributed by atoms with Gasteiger partial charge in [-0.05, 0) is 19.3 Å². The molecule has 1 atom stereocenters. The summed E-state index contributed by atoms with van der Waals surface area (Å²) in [5.74, 6) is 2.48. The van der Waals surface area contributed by atoms with E-state index >= 15 is 0 Å². The fourth-order valence-corrected chi connectivity index (χ4v) is 2.44. The molecule has 0 aromatic carbocycles. The number of nitrogens with zero attached hydrogens (tertiary/aromatic N) is 1. The molecule has 1 fully saturated rings. The molecule has 1 saturated heterocycles. The lowest BCUT2D eigenvalue weighted by atomic mass is 9.88. The Kier molecular flexibility index (Phi) is 4.77. The maximum Gasteiger partial charge on any atom is 0.249 e. The Morgan fingerprint density at radius 2 is 2.00 bits per heavy atom. The summed E-state index contributed by atoms with van der Waals surface area (Å²) < 4.78 is 0. The molecule has 1 N–H and O–H groups in total. The van der Waals surface area contributed by atoms with E-state index in [4.69, 9.17) is 6.42 Å². The Labute approximate surface area is 109 Å². The maximum atomic E-state index is 12.5. The minimum absolute atomic E-state index is 0.0384. The van der Waals surface area contributed by atoms with Crippen molar-refractivity contribution in [2.24, 2.45) is 0 Å². The molecule has 1 rings (SSSR count). The van der Waals surface area contributed by atoms with Crippen LogP contribution < -0.4 is 5.32 Å². The molecule has 0 aromatic rings. The van der Waals surface area contributed by atoms with E-state index in [2.05, 4.69) is 11.2 Å². The van der Waals surface area contributed by atoms with E-state index in [1.54, 1.807) is 4.90 Å². The lowest BCUT2D eigenvalue weighted by molar-refractivity contribution is -0.151. The van der Waals surface area contributed by atoms with Crippen molar-refractivity contribution in [2.75, 3.05) is 6.54 Å². The average Bonchev–Trinajstić information content (AvgIpc) is 2.38. The first-order valence-electron chi connectivity index (χ1n) is 6.62. The van der Waals surface area contributed by atoms with Gasteiger partial charge in [0.05, 0.1) is 6.04 Å². The molecule has 1 aliphatic rings. The van der Waals surface area contributed by atoms with Gasteiger partial charge in [-0.1, -0.05) is 33.1 Å². The predicted molar refractivity (Wildman–Crippen MR) is 70.7 cm³/mol. The fourth-order valence-electron chi connectivity index (χ4n) is 2.44. The van der Waals surface area contributed by atoms with Crippen LogP contribution in [0.5, 0.6) is 0 Å². The number of piperazine rings is 1. The molecule has 1 heterocycles. The van der Waals surface area contributed by atoms with Crippen LogP contribution in [0.15, 0.2) is 0 Å². The summed E-state index contributed by atoms with van der Waals surface area (Å²) >= 11 is 0. The lowest BCUT2D eigenvalue weighted by Gasteiger charge is -2.43. The van der Waals surface area contributed by atoms with Gasteiger partial charge < -0.3 is 10.2 Å². The van der Waals surface area contributed by atoms with E-state index in [-0.39, 0.29) is 24.4 Å². The average molecular weight is 250 g/mol. The Bertz CT molecular complexity index is 366. The van der Waals surface area contributed by atoms with Crippen molar-refractivity contribution in [1.82, 2.24) is 10.2 Å². The lowest BCUT2D eigenvalue weighted by Crippen LogP contribution is -2.67. The van der Waals surface area contributed by atoms with Gasteiger partial charge in [0.15, 0.2) is 0 Å². The van der Waals surface area contributed by atoms with E-state index in [9.17, 15) is 9.59 Å². The normalized spacial score (nSPS) is 20.2. The van der Waals surface area contributed by atoms with Gasteiger partial charge in [-0.15, -0.1) is 6.42 Å². The van der Waals surface area contributed by atoms with Gasteiger partial charge in [-0.3, -0.25) is 9.59 Å². The van der Waals surface area contributed by atoms with E-state index in [0.29, 0.717) is 12.8 Å². The van der Waals surface area contributed by atoms with Crippen molar-refractivity contribution >= 4 is 11.8 Å². The molecule has 0 radical (unpaired) electrons. The summed E-state index contributed by atoms with van der Waals surface area (Å²) in [6, 6.07) is -0.272. The van der Waals surface area contributed by atoms with Gasteiger partial charge in [-0.25, -0.2) is 0 Å². The summed E-state index contributed by atoms with van der Waals surface area (Å²) in [5, 5.41) is 2.83. The van der Waals surface area contributed by atoms with Crippen molar-refractivity contribution in [3.8, 4) is 12.3 Å². The second kappa shape index (κ2) is 5.90. The summed E-state index contributed by atoms with van der Waals surface area (Å²) in [6.45, 7) is 5.92. The van der Waals surface area contributed by atoms with Gasteiger partial charge in [0.25, 0.3) is 0 Å². The van der Waals surface area contributed by atoms with Crippen LogP contribution in [0.4, 0.5) is 0 Å². The number of rotatable bonds is 5. The van der Waals surface area contributed by atoms with Crippen molar-refractivity contribution in [1.29, 1.82) is 0 Å². The minimum atomic E-state index is -0.766. The second-order valence-electron chi connectivity index (χ2n) is 4.74. The van der Waals surface area contributed by atoms with Gasteiger partial charge >= 0.3 is 0 Å². The highest BCUT2D eigenvalue weighted by atomic mass is 16.2. The predicted octanol–water partition coefficient (Wildman–Crippen LogP) is 1.31. The molecule has 0 spiro atoms. The van der Waals surface area contributed by atoms with Gasteiger partial charge in [0.1, 0.15) is 12.1 Å². The van der Waals surface area contributed by atoms with Crippen molar-refractivity contribution in [3.63, 3.8) is 0 Å². The Balaban J connectivity index is 3.02. The summed E-state index contributed by atoms with van der Waals surface area (Å²) in [6.07, 6.45) is 8.31. The van der Waals surface area contributed by atoms with Crippen LogP contribution >= 0.6 is 0 Å². The number of nitrogens with one attached hydrogen (secondary N) is 1. The van der Waals surface area contributed by atoms with Crippen LogP contribution in [0.3, 0.4) is 0 Å². The van der Waals surface area contributed by atoms with Gasteiger partial charge in [0.2, 0.25) is 11.8 Å². The summed E-state index contributed by atoms with van der Waals surface area (Å²) in [5.41, 5.74) is -0.766. The van der Waals surface area contributed by atoms with E-state index in [1.807, 2.05) is 20.8 Å². The summed E-state index contributed by atoms with van der Waals surface area (Å²) in [4.78, 5) is 25.9. The highest BCUT2D eigenvalue weighted by Crippen LogP contribution is 2.24. The standard InChI is InChI=1S/C14H22N2O2/c1-5-9-11(6-2)16-10-12(17)15-14(7-3,8-4)13(16)18/h2,11H,5,7-10H2,1,3-4H3,(H,15,17). The first-order valence-corrected chi connectivity index (χ1v) is 6.62. The molecular weight excluding hydrogens is 228 g/mol. The molecule has 4 nitrogen and oxygen atoms in total. The van der Waals surface area contributed by atoms with Crippen LogP contribution in [0.2, 0.25) is 0 Å². The highest BCUT2D eigenvalue weighted by Gasteiger charge is 2.45. The zero-order valence-corrected chi connectivity index (χ0v) is 11.5. The Morgan fingerprint density at radius 1 is 1.39 bits per heavy atom. The first-order chi connectivity index (χ1) is 8.54. The molecule has 2 amide bonds. The van der Waals surface area contributed by atoms with Crippen LogP contribution in [0.25, 0.3) is 0 Å². The van der Waals surface area contributed by atoms with E-state index in [0.717, 1.165) is 12.8 Å².